The number of imidazole rings is 1. The maximum absolute atomic E-state index is 11.1. The minimum Gasteiger partial charge on any atom is -0.302 e. The number of hydrogen-bond acceptors (Lipinski definition) is 3. The zero-order chi connectivity index (χ0) is 10.4. The van der Waals surface area contributed by atoms with Crippen LogP contribution in [0, 0.1) is 0 Å². The van der Waals surface area contributed by atoms with Gasteiger partial charge in [0.15, 0.2) is 0 Å². The van der Waals surface area contributed by atoms with E-state index in [2.05, 4.69) is 0 Å². The summed E-state index contributed by atoms with van der Waals surface area (Å²) in [4.78, 5) is 27.4. The van der Waals surface area contributed by atoms with E-state index in [0.29, 0.717) is 0 Å². The van der Waals surface area contributed by atoms with Gasteiger partial charge >= 0.3 is 11.8 Å². The first kappa shape index (κ1) is 14.9. The van der Waals surface area contributed by atoms with Gasteiger partial charge in [-0.05, 0) is 13.8 Å². The molecule has 5 heteroatoms. The van der Waals surface area contributed by atoms with Crippen molar-refractivity contribution in [2.75, 3.05) is 0 Å². The standard InChI is InChI=1S/C7H12N2O.CO2.CH4/c1-6(2)9-5-4-8(3)7(9)10;2-1-3;/h4-6H,1-3H3;;1H4. The SMILES string of the molecule is C.CC(C)n1ccn(C)c1=O.O=C=O. The van der Waals surface area contributed by atoms with Gasteiger partial charge in [-0.15, -0.1) is 0 Å². The topological polar surface area (TPSA) is 61.1 Å². The molecule has 80 valence electrons. The first-order valence-corrected chi connectivity index (χ1v) is 3.77. The molecule has 0 saturated heterocycles. The molecular weight excluding hydrogens is 184 g/mol. The normalized spacial score (nSPS) is 8.29. The molecule has 0 aromatic carbocycles. The highest BCUT2D eigenvalue weighted by Crippen LogP contribution is 1.97. The van der Waals surface area contributed by atoms with E-state index in [1.165, 1.54) is 0 Å². The molecule has 0 bridgehead atoms. The molecule has 0 radical (unpaired) electrons. The van der Waals surface area contributed by atoms with Gasteiger partial charge in [-0.3, -0.25) is 4.57 Å². The van der Waals surface area contributed by atoms with E-state index in [4.69, 9.17) is 9.59 Å². The van der Waals surface area contributed by atoms with Crippen molar-refractivity contribution < 1.29 is 9.59 Å². The summed E-state index contributed by atoms with van der Waals surface area (Å²) in [6.45, 7) is 3.98. The van der Waals surface area contributed by atoms with E-state index in [9.17, 15) is 4.79 Å². The zero-order valence-corrected chi connectivity index (χ0v) is 7.85. The summed E-state index contributed by atoms with van der Waals surface area (Å²) >= 11 is 0. The zero-order valence-electron chi connectivity index (χ0n) is 7.85. The summed E-state index contributed by atoms with van der Waals surface area (Å²) < 4.78 is 3.26. The van der Waals surface area contributed by atoms with Gasteiger partial charge in [0.1, 0.15) is 0 Å². The Hall–Kier alpha value is -1.61. The van der Waals surface area contributed by atoms with Gasteiger partial charge in [-0.25, -0.2) is 4.79 Å². The third-order valence-corrected chi connectivity index (χ3v) is 1.53. The summed E-state index contributed by atoms with van der Waals surface area (Å²) in [5.41, 5.74) is 0.0509. The van der Waals surface area contributed by atoms with Gasteiger partial charge < -0.3 is 4.57 Å². The van der Waals surface area contributed by atoms with Crippen LogP contribution in [0.4, 0.5) is 0 Å². The Labute approximate surface area is 83.0 Å². The van der Waals surface area contributed by atoms with Crippen molar-refractivity contribution in [3.05, 3.63) is 22.9 Å². The van der Waals surface area contributed by atoms with Crippen LogP contribution in [0.3, 0.4) is 0 Å². The lowest BCUT2D eigenvalue weighted by molar-refractivity contribution is -0.191. The van der Waals surface area contributed by atoms with E-state index in [1.807, 2.05) is 13.8 Å². The summed E-state index contributed by atoms with van der Waals surface area (Å²) in [5.74, 6) is 0. The maximum atomic E-state index is 11.1. The number of rotatable bonds is 1. The Morgan fingerprint density at radius 3 is 1.86 bits per heavy atom. The van der Waals surface area contributed by atoms with Crippen molar-refractivity contribution in [1.29, 1.82) is 0 Å². The first-order valence-electron chi connectivity index (χ1n) is 3.77. The average molecular weight is 200 g/mol. The van der Waals surface area contributed by atoms with Crippen molar-refractivity contribution in [3.63, 3.8) is 0 Å². The van der Waals surface area contributed by atoms with E-state index >= 15 is 0 Å². The number of hydrogen-bond donors (Lipinski definition) is 0. The van der Waals surface area contributed by atoms with Crippen LogP contribution >= 0.6 is 0 Å². The minimum atomic E-state index is 0. The highest BCUT2D eigenvalue weighted by atomic mass is 16.2. The van der Waals surface area contributed by atoms with Gasteiger partial charge in [-0.1, -0.05) is 7.43 Å². The Morgan fingerprint density at radius 2 is 1.71 bits per heavy atom. The quantitative estimate of drug-likeness (QED) is 0.674. The molecule has 0 aliphatic carbocycles. The summed E-state index contributed by atoms with van der Waals surface area (Å²) in [6.07, 6.45) is 3.81. The van der Waals surface area contributed by atoms with Crippen LogP contribution in [0.1, 0.15) is 27.3 Å². The van der Waals surface area contributed by atoms with Crippen molar-refractivity contribution in [2.24, 2.45) is 7.05 Å². The van der Waals surface area contributed by atoms with E-state index < -0.39 is 0 Å². The second kappa shape index (κ2) is 6.86. The lowest BCUT2D eigenvalue weighted by atomic mass is 10.4. The average Bonchev–Trinajstić information content (AvgIpc) is 2.34. The second-order valence-electron chi connectivity index (χ2n) is 2.78. The predicted octanol–water partition coefficient (Wildman–Crippen LogP) is 0.820. The van der Waals surface area contributed by atoms with Crippen LogP contribution < -0.4 is 5.69 Å². The van der Waals surface area contributed by atoms with Crippen molar-refractivity contribution in [3.8, 4) is 0 Å². The molecule has 1 aromatic rings. The smallest absolute Gasteiger partial charge is 0.302 e. The van der Waals surface area contributed by atoms with Crippen LogP contribution in [0.2, 0.25) is 0 Å². The van der Waals surface area contributed by atoms with E-state index in [1.54, 1.807) is 28.6 Å². The van der Waals surface area contributed by atoms with Crippen LogP contribution in [0.5, 0.6) is 0 Å². The summed E-state index contributed by atoms with van der Waals surface area (Å²) in [6, 6.07) is 0.258. The van der Waals surface area contributed by atoms with Gasteiger partial charge in [0.05, 0.1) is 0 Å². The molecule has 0 atom stereocenters. The Bertz CT molecular complexity index is 343. The molecule has 1 rings (SSSR count). The largest absolute Gasteiger partial charge is 0.373 e. The first-order chi connectivity index (χ1) is 6.04. The van der Waals surface area contributed by atoms with E-state index in [-0.39, 0.29) is 25.3 Å². The van der Waals surface area contributed by atoms with Crippen LogP contribution in [0.25, 0.3) is 0 Å². The third-order valence-electron chi connectivity index (χ3n) is 1.53. The highest BCUT2D eigenvalue weighted by molar-refractivity contribution is 5.20. The molecule has 5 nitrogen and oxygen atoms in total. The van der Waals surface area contributed by atoms with Crippen LogP contribution in [-0.2, 0) is 16.6 Å². The van der Waals surface area contributed by atoms with Crippen LogP contribution in [-0.4, -0.2) is 15.3 Å². The van der Waals surface area contributed by atoms with Crippen molar-refractivity contribution in [1.82, 2.24) is 9.13 Å². The molecule has 0 spiro atoms. The number of nitrogens with zero attached hydrogens (tertiary/aromatic N) is 2. The van der Waals surface area contributed by atoms with Crippen LogP contribution in [0.15, 0.2) is 17.2 Å². The molecule has 14 heavy (non-hydrogen) atoms. The molecule has 1 aromatic heterocycles. The number of aryl methyl sites for hydroxylation is 1. The lowest BCUT2D eigenvalue weighted by Crippen LogP contribution is -2.23. The molecule has 0 aliphatic rings. The Kier molecular flexibility index (Phi) is 7.29. The number of carbonyl (C=O) groups excluding carboxylic acids is 2. The predicted molar refractivity (Wildman–Crippen MR) is 51.8 cm³/mol. The number of aromatic nitrogens is 2. The fraction of sp³-hybridized carbons (Fsp3) is 0.556. The fourth-order valence-corrected chi connectivity index (χ4v) is 0.874. The molecular formula is C9H16N2O3. The Balaban J connectivity index is 0. The summed E-state index contributed by atoms with van der Waals surface area (Å²) in [7, 11) is 1.75. The molecule has 0 N–H and O–H groups in total. The fourth-order valence-electron chi connectivity index (χ4n) is 0.874. The lowest BCUT2D eigenvalue weighted by Gasteiger charge is -2.02. The van der Waals surface area contributed by atoms with Gasteiger partial charge in [0.2, 0.25) is 0 Å². The molecule has 0 saturated carbocycles. The third kappa shape index (κ3) is 3.87. The van der Waals surface area contributed by atoms with E-state index in [0.717, 1.165) is 0 Å². The van der Waals surface area contributed by atoms with Gasteiger partial charge in [-0.2, -0.15) is 9.59 Å². The van der Waals surface area contributed by atoms with Gasteiger partial charge in [0.25, 0.3) is 0 Å². The summed E-state index contributed by atoms with van der Waals surface area (Å²) in [5, 5.41) is 0. The Morgan fingerprint density at radius 1 is 1.29 bits per heavy atom. The molecule has 0 amide bonds. The second-order valence-corrected chi connectivity index (χ2v) is 2.78. The van der Waals surface area contributed by atoms with Crippen molar-refractivity contribution >= 4 is 6.15 Å². The molecule has 0 unspecified atom stereocenters. The monoisotopic (exact) mass is 200 g/mol. The van der Waals surface area contributed by atoms with Gasteiger partial charge in [0, 0.05) is 25.5 Å². The molecule has 1 heterocycles. The van der Waals surface area contributed by atoms with Crippen molar-refractivity contribution in [2.45, 2.75) is 27.3 Å². The molecule has 0 fully saturated rings. The highest BCUT2D eigenvalue weighted by Gasteiger charge is 2.01. The minimum absolute atomic E-state index is 0. The maximum Gasteiger partial charge on any atom is 0.373 e. The molecule has 0 aliphatic heterocycles.